The highest BCUT2D eigenvalue weighted by atomic mass is 19.1. The van der Waals surface area contributed by atoms with Crippen molar-refractivity contribution in [2.24, 2.45) is 5.92 Å². The Labute approximate surface area is 194 Å². The Morgan fingerprint density at radius 2 is 1.61 bits per heavy atom. The van der Waals surface area contributed by atoms with E-state index < -0.39 is 0 Å². The number of likely N-dealkylation sites (tertiary alicyclic amines) is 1. The van der Waals surface area contributed by atoms with Crippen molar-refractivity contribution in [3.63, 3.8) is 0 Å². The zero-order chi connectivity index (χ0) is 22.8. The molecule has 3 aromatic carbocycles. The number of nitrogens with zero attached hydrogens (tertiary/aromatic N) is 2. The number of hydrogen-bond donors (Lipinski definition) is 0. The third-order valence-corrected chi connectivity index (χ3v) is 7.14. The van der Waals surface area contributed by atoms with E-state index in [2.05, 4.69) is 41.8 Å². The van der Waals surface area contributed by atoms with Crippen LogP contribution in [0.4, 0.5) is 4.39 Å². The van der Waals surface area contributed by atoms with E-state index in [4.69, 9.17) is 0 Å². The standard InChI is InChI=1S/C29H29FN2O/c1-21(23-7-3-2-4-8-23)24-15-17-31(18-16-24)29(33)28-19-25-9-5-6-10-27(25)32(28)20-22-11-13-26(30)14-12-22/h2-14,19,21,24H,15-18,20H2,1H3. The molecule has 1 atom stereocenters. The summed E-state index contributed by atoms with van der Waals surface area (Å²) in [6.45, 7) is 4.39. The first-order chi connectivity index (χ1) is 16.1. The summed E-state index contributed by atoms with van der Waals surface area (Å²) in [5, 5.41) is 1.05. The SMILES string of the molecule is CC(c1ccccc1)C1CCN(C(=O)c2cc3ccccc3n2Cc2ccc(F)cc2)CC1. The van der Waals surface area contributed by atoms with Gasteiger partial charge in [-0.25, -0.2) is 4.39 Å². The summed E-state index contributed by atoms with van der Waals surface area (Å²) in [6, 6.07) is 27.3. The summed E-state index contributed by atoms with van der Waals surface area (Å²) in [4.78, 5) is 15.6. The van der Waals surface area contributed by atoms with Crippen molar-refractivity contribution in [1.82, 2.24) is 9.47 Å². The van der Waals surface area contributed by atoms with Gasteiger partial charge < -0.3 is 9.47 Å². The number of carbonyl (C=O) groups excluding carboxylic acids is 1. The van der Waals surface area contributed by atoms with Gasteiger partial charge in [0.25, 0.3) is 5.91 Å². The van der Waals surface area contributed by atoms with E-state index >= 15 is 0 Å². The van der Waals surface area contributed by atoms with Crippen LogP contribution in [0.1, 0.15) is 47.3 Å². The Balaban J connectivity index is 1.36. The second-order valence-electron chi connectivity index (χ2n) is 9.13. The van der Waals surface area contributed by atoms with Crippen molar-refractivity contribution < 1.29 is 9.18 Å². The van der Waals surface area contributed by atoms with E-state index in [1.54, 1.807) is 12.1 Å². The average molecular weight is 441 g/mol. The van der Waals surface area contributed by atoms with E-state index in [0.717, 1.165) is 42.4 Å². The number of para-hydroxylation sites is 1. The zero-order valence-corrected chi connectivity index (χ0v) is 19.0. The summed E-state index contributed by atoms with van der Waals surface area (Å²) >= 11 is 0. The number of aromatic nitrogens is 1. The number of piperidine rings is 1. The molecule has 0 radical (unpaired) electrons. The van der Waals surface area contributed by atoms with E-state index in [9.17, 15) is 9.18 Å². The first-order valence-corrected chi connectivity index (χ1v) is 11.8. The monoisotopic (exact) mass is 440 g/mol. The maximum atomic E-state index is 13.6. The maximum Gasteiger partial charge on any atom is 0.270 e. The normalized spacial score (nSPS) is 15.6. The third-order valence-electron chi connectivity index (χ3n) is 7.14. The van der Waals surface area contributed by atoms with Gasteiger partial charge in [0.05, 0.1) is 0 Å². The third kappa shape index (κ3) is 4.43. The molecule has 1 aliphatic rings. The topological polar surface area (TPSA) is 25.2 Å². The van der Waals surface area contributed by atoms with Crippen LogP contribution >= 0.6 is 0 Å². The number of halogens is 1. The van der Waals surface area contributed by atoms with Crippen LogP contribution in [0.2, 0.25) is 0 Å². The Morgan fingerprint density at radius 3 is 2.33 bits per heavy atom. The molecule has 0 saturated carbocycles. The lowest BCUT2D eigenvalue weighted by molar-refractivity contribution is 0.0670. The molecule has 0 aliphatic carbocycles. The summed E-state index contributed by atoms with van der Waals surface area (Å²) in [5.74, 6) is 0.911. The number of amides is 1. The van der Waals surface area contributed by atoms with E-state index in [0.29, 0.717) is 24.1 Å². The van der Waals surface area contributed by atoms with Crippen LogP contribution in [0, 0.1) is 11.7 Å². The zero-order valence-electron chi connectivity index (χ0n) is 19.0. The second-order valence-corrected chi connectivity index (χ2v) is 9.13. The predicted molar refractivity (Wildman–Crippen MR) is 131 cm³/mol. The van der Waals surface area contributed by atoms with E-state index in [1.807, 2.05) is 35.2 Å². The second kappa shape index (κ2) is 9.22. The smallest absolute Gasteiger partial charge is 0.270 e. The molecule has 1 saturated heterocycles. The van der Waals surface area contributed by atoms with Crippen molar-refractivity contribution in [2.45, 2.75) is 32.2 Å². The lowest BCUT2D eigenvalue weighted by atomic mass is 9.81. The molecule has 1 aliphatic heterocycles. The minimum atomic E-state index is -0.250. The van der Waals surface area contributed by atoms with Crippen LogP contribution in [0.25, 0.3) is 10.9 Å². The average Bonchev–Trinajstić information content (AvgIpc) is 3.23. The van der Waals surface area contributed by atoms with Crippen molar-refractivity contribution in [3.05, 3.63) is 108 Å². The summed E-state index contributed by atoms with van der Waals surface area (Å²) in [5.41, 5.74) is 4.08. The predicted octanol–water partition coefficient (Wildman–Crippen LogP) is 6.48. The molecular weight excluding hydrogens is 411 g/mol. The largest absolute Gasteiger partial charge is 0.337 e. The van der Waals surface area contributed by atoms with Crippen LogP contribution < -0.4 is 0 Å². The van der Waals surface area contributed by atoms with Crippen molar-refractivity contribution in [1.29, 1.82) is 0 Å². The number of carbonyl (C=O) groups is 1. The van der Waals surface area contributed by atoms with Crippen LogP contribution in [0.3, 0.4) is 0 Å². The van der Waals surface area contributed by atoms with Gasteiger partial charge in [0.1, 0.15) is 11.5 Å². The van der Waals surface area contributed by atoms with Gasteiger partial charge in [-0.2, -0.15) is 0 Å². The molecule has 4 aromatic rings. The maximum absolute atomic E-state index is 13.6. The minimum Gasteiger partial charge on any atom is -0.337 e. The molecule has 4 heteroatoms. The molecule has 0 spiro atoms. The van der Waals surface area contributed by atoms with Gasteiger partial charge in [0, 0.05) is 30.5 Å². The highest BCUT2D eigenvalue weighted by Crippen LogP contribution is 2.33. The van der Waals surface area contributed by atoms with Crippen LogP contribution in [0.15, 0.2) is 84.9 Å². The number of hydrogen-bond acceptors (Lipinski definition) is 1. The molecular formula is C29H29FN2O. The summed E-state index contributed by atoms with van der Waals surface area (Å²) in [6.07, 6.45) is 2.03. The number of rotatable bonds is 5. The molecule has 1 fully saturated rings. The molecule has 1 unspecified atom stereocenters. The van der Waals surface area contributed by atoms with Gasteiger partial charge in [0.15, 0.2) is 0 Å². The first kappa shape index (κ1) is 21.4. The van der Waals surface area contributed by atoms with Gasteiger partial charge in [-0.15, -0.1) is 0 Å². The lowest BCUT2D eigenvalue weighted by Gasteiger charge is -2.35. The van der Waals surface area contributed by atoms with Crippen LogP contribution in [0.5, 0.6) is 0 Å². The van der Waals surface area contributed by atoms with Gasteiger partial charge in [-0.3, -0.25) is 4.79 Å². The molecule has 2 heterocycles. The fraction of sp³-hybridized carbons (Fsp3) is 0.276. The molecule has 33 heavy (non-hydrogen) atoms. The van der Waals surface area contributed by atoms with E-state index in [-0.39, 0.29) is 11.7 Å². The Kier molecular flexibility index (Phi) is 5.99. The fourth-order valence-corrected chi connectivity index (χ4v) is 5.12. The van der Waals surface area contributed by atoms with Crippen molar-refractivity contribution in [2.75, 3.05) is 13.1 Å². The van der Waals surface area contributed by atoms with Gasteiger partial charge in [-0.1, -0.05) is 67.6 Å². The van der Waals surface area contributed by atoms with Crippen LogP contribution in [-0.4, -0.2) is 28.5 Å². The van der Waals surface area contributed by atoms with Crippen molar-refractivity contribution >= 4 is 16.8 Å². The van der Waals surface area contributed by atoms with Gasteiger partial charge >= 0.3 is 0 Å². The Morgan fingerprint density at radius 1 is 0.939 bits per heavy atom. The molecule has 1 aromatic heterocycles. The Bertz CT molecular complexity index is 1240. The summed E-state index contributed by atoms with van der Waals surface area (Å²) < 4.78 is 15.5. The van der Waals surface area contributed by atoms with Gasteiger partial charge in [-0.05, 0) is 60.1 Å². The molecule has 5 rings (SSSR count). The highest BCUT2D eigenvalue weighted by Gasteiger charge is 2.29. The van der Waals surface area contributed by atoms with Crippen LogP contribution in [-0.2, 0) is 6.54 Å². The van der Waals surface area contributed by atoms with E-state index in [1.165, 1.54) is 17.7 Å². The first-order valence-electron chi connectivity index (χ1n) is 11.8. The summed E-state index contributed by atoms with van der Waals surface area (Å²) in [7, 11) is 0. The number of fused-ring (bicyclic) bond motifs is 1. The fourth-order valence-electron chi connectivity index (χ4n) is 5.12. The van der Waals surface area contributed by atoms with Gasteiger partial charge in [0.2, 0.25) is 0 Å². The quantitative estimate of drug-likeness (QED) is 0.348. The Hall–Kier alpha value is -3.40. The highest BCUT2D eigenvalue weighted by molar-refractivity contribution is 5.99. The number of benzene rings is 3. The molecule has 1 amide bonds. The molecule has 3 nitrogen and oxygen atoms in total. The molecule has 0 N–H and O–H groups in total. The van der Waals surface area contributed by atoms with Crippen molar-refractivity contribution in [3.8, 4) is 0 Å². The minimum absolute atomic E-state index is 0.0825. The molecule has 168 valence electrons. The molecule has 0 bridgehead atoms. The lowest BCUT2D eigenvalue weighted by Crippen LogP contribution is -2.40.